The van der Waals surface area contributed by atoms with Gasteiger partial charge in [-0.15, -0.1) is 0 Å². The van der Waals surface area contributed by atoms with E-state index in [1.165, 1.54) is 16.7 Å². The molecule has 0 aliphatic heterocycles. The maximum atomic E-state index is 5.16. The molecule has 2 rings (SSSR count). The van der Waals surface area contributed by atoms with Crippen molar-refractivity contribution in [3.05, 3.63) is 65.2 Å². The predicted molar refractivity (Wildman–Crippen MR) is 96.1 cm³/mol. The van der Waals surface area contributed by atoms with Crippen LogP contribution < -0.4 is 15.4 Å². The van der Waals surface area contributed by atoms with E-state index in [4.69, 9.17) is 4.74 Å². The lowest BCUT2D eigenvalue weighted by atomic mass is 10.1. The topological polar surface area (TPSA) is 45.7 Å². The molecule has 0 spiro atoms. The summed E-state index contributed by atoms with van der Waals surface area (Å²) in [7, 11) is 3.46. The molecule has 0 radical (unpaired) electrons. The second kappa shape index (κ2) is 8.83. The molecule has 23 heavy (non-hydrogen) atoms. The molecule has 0 unspecified atom stereocenters. The Balaban J connectivity index is 1.75. The monoisotopic (exact) mass is 311 g/mol. The first-order chi connectivity index (χ1) is 11.2. The Hall–Kier alpha value is -2.49. The molecule has 2 N–H and O–H groups in total. The molecular formula is C19H25N3O. The van der Waals surface area contributed by atoms with Crippen molar-refractivity contribution in [2.24, 2.45) is 4.99 Å². The summed E-state index contributed by atoms with van der Waals surface area (Å²) >= 11 is 0. The molecule has 0 fully saturated rings. The first-order valence-corrected chi connectivity index (χ1v) is 7.84. The van der Waals surface area contributed by atoms with Crippen molar-refractivity contribution in [3.63, 3.8) is 0 Å². The standard InChI is InChI=1S/C19H25N3O/c1-15-4-6-16(7-5-15)12-13-21-19(20-2)22-14-17-8-10-18(23-3)11-9-17/h4-11H,12-14H2,1-3H3,(H2,20,21,22). The highest BCUT2D eigenvalue weighted by Crippen LogP contribution is 2.10. The van der Waals surface area contributed by atoms with Crippen LogP contribution in [0, 0.1) is 6.92 Å². The van der Waals surface area contributed by atoms with E-state index in [0.29, 0.717) is 0 Å². The van der Waals surface area contributed by atoms with E-state index >= 15 is 0 Å². The number of guanidine groups is 1. The summed E-state index contributed by atoms with van der Waals surface area (Å²) < 4.78 is 5.16. The molecule has 4 heteroatoms. The Bertz CT molecular complexity index is 618. The number of aliphatic imine (C=N–C) groups is 1. The average molecular weight is 311 g/mol. The van der Waals surface area contributed by atoms with Crippen LogP contribution in [-0.2, 0) is 13.0 Å². The zero-order valence-electron chi connectivity index (χ0n) is 14.1. The van der Waals surface area contributed by atoms with Crippen molar-refractivity contribution >= 4 is 5.96 Å². The Labute approximate surface area is 138 Å². The Morgan fingerprint density at radius 2 is 1.61 bits per heavy atom. The van der Waals surface area contributed by atoms with Gasteiger partial charge in [-0.1, -0.05) is 42.0 Å². The zero-order chi connectivity index (χ0) is 16.5. The number of nitrogens with zero attached hydrogens (tertiary/aromatic N) is 1. The Morgan fingerprint density at radius 1 is 0.957 bits per heavy atom. The van der Waals surface area contributed by atoms with E-state index in [-0.39, 0.29) is 0 Å². The highest BCUT2D eigenvalue weighted by atomic mass is 16.5. The maximum absolute atomic E-state index is 5.16. The van der Waals surface area contributed by atoms with Crippen LogP contribution in [0.15, 0.2) is 53.5 Å². The van der Waals surface area contributed by atoms with Crippen molar-refractivity contribution < 1.29 is 4.74 Å². The Morgan fingerprint density at radius 3 is 2.22 bits per heavy atom. The number of rotatable bonds is 6. The molecule has 4 nitrogen and oxygen atoms in total. The number of benzene rings is 2. The summed E-state index contributed by atoms with van der Waals surface area (Å²) in [6, 6.07) is 16.7. The fourth-order valence-corrected chi connectivity index (χ4v) is 2.23. The largest absolute Gasteiger partial charge is 0.497 e. The predicted octanol–water partition coefficient (Wildman–Crippen LogP) is 2.91. The SMILES string of the molecule is CN=C(NCCc1ccc(C)cc1)NCc1ccc(OC)cc1. The van der Waals surface area contributed by atoms with Crippen LogP contribution in [0.5, 0.6) is 5.75 Å². The molecule has 0 amide bonds. The van der Waals surface area contributed by atoms with Gasteiger partial charge < -0.3 is 15.4 Å². The summed E-state index contributed by atoms with van der Waals surface area (Å²) in [6.07, 6.45) is 0.976. The van der Waals surface area contributed by atoms with Crippen molar-refractivity contribution in [1.82, 2.24) is 10.6 Å². The lowest BCUT2D eigenvalue weighted by Crippen LogP contribution is -2.37. The van der Waals surface area contributed by atoms with Crippen molar-refractivity contribution in [2.45, 2.75) is 19.9 Å². The summed E-state index contributed by atoms with van der Waals surface area (Å²) in [5, 5.41) is 6.66. The minimum absolute atomic E-state index is 0.730. The normalized spacial score (nSPS) is 11.2. The highest BCUT2D eigenvalue weighted by Gasteiger charge is 1.99. The summed E-state index contributed by atoms with van der Waals surface area (Å²) in [6.45, 7) is 3.69. The molecular weight excluding hydrogens is 286 g/mol. The van der Waals surface area contributed by atoms with Gasteiger partial charge in [-0.2, -0.15) is 0 Å². The van der Waals surface area contributed by atoms with Gasteiger partial charge in [-0.25, -0.2) is 0 Å². The van der Waals surface area contributed by atoms with Crippen LogP contribution in [0.25, 0.3) is 0 Å². The van der Waals surface area contributed by atoms with Gasteiger partial charge in [0.05, 0.1) is 7.11 Å². The minimum Gasteiger partial charge on any atom is -0.497 e. The first-order valence-electron chi connectivity index (χ1n) is 7.84. The van der Waals surface area contributed by atoms with E-state index in [1.54, 1.807) is 14.2 Å². The van der Waals surface area contributed by atoms with Gasteiger partial charge in [-0.3, -0.25) is 4.99 Å². The van der Waals surface area contributed by atoms with Gasteiger partial charge in [0, 0.05) is 20.1 Å². The van der Waals surface area contributed by atoms with Gasteiger partial charge in [0.2, 0.25) is 0 Å². The number of aryl methyl sites for hydroxylation is 1. The van der Waals surface area contributed by atoms with Gasteiger partial charge in [0.15, 0.2) is 5.96 Å². The van der Waals surface area contributed by atoms with Crippen LogP contribution in [0.2, 0.25) is 0 Å². The smallest absolute Gasteiger partial charge is 0.191 e. The van der Waals surface area contributed by atoms with Gasteiger partial charge in [0.1, 0.15) is 5.75 Å². The number of methoxy groups -OCH3 is 1. The van der Waals surface area contributed by atoms with Crippen LogP contribution in [0.4, 0.5) is 0 Å². The van der Waals surface area contributed by atoms with Gasteiger partial charge in [0.25, 0.3) is 0 Å². The molecule has 0 saturated carbocycles. The second-order valence-corrected chi connectivity index (χ2v) is 5.44. The third-order valence-corrected chi connectivity index (χ3v) is 3.67. The van der Waals surface area contributed by atoms with Gasteiger partial charge >= 0.3 is 0 Å². The molecule has 0 aromatic heterocycles. The van der Waals surface area contributed by atoms with E-state index in [1.807, 2.05) is 24.3 Å². The molecule has 0 aliphatic carbocycles. The fraction of sp³-hybridized carbons (Fsp3) is 0.316. The van der Waals surface area contributed by atoms with Crippen LogP contribution in [0.1, 0.15) is 16.7 Å². The third-order valence-electron chi connectivity index (χ3n) is 3.67. The molecule has 2 aromatic rings. The second-order valence-electron chi connectivity index (χ2n) is 5.44. The number of hydrogen-bond donors (Lipinski definition) is 2. The highest BCUT2D eigenvalue weighted by molar-refractivity contribution is 5.79. The molecule has 122 valence electrons. The molecule has 0 atom stereocenters. The van der Waals surface area contributed by atoms with Crippen molar-refractivity contribution in [1.29, 1.82) is 0 Å². The van der Waals surface area contributed by atoms with E-state index in [0.717, 1.165) is 31.2 Å². The quantitative estimate of drug-likeness (QED) is 0.637. The lowest BCUT2D eigenvalue weighted by Gasteiger charge is -2.12. The number of hydrogen-bond acceptors (Lipinski definition) is 2. The maximum Gasteiger partial charge on any atom is 0.191 e. The van der Waals surface area contributed by atoms with Crippen molar-refractivity contribution in [2.75, 3.05) is 20.7 Å². The van der Waals surface area contributed by atoms with E-state index < -0.39 is 0 Å². The average Bonchev–Trinajstić information content (AvgIpc) is 2.60. The summed E-state index contributed by atoms with van der Waals surface area (Å²) in [4.78, 5) is 4.25. The zero-order valence-corrected chi connectivity index (χ0v) is 14.1. The molecule has 0 saturated heterocycles. The third kappa shape index (κ3) is 5.66. The molecule has 0 bridgehead atoms. The van der Waals surface area contributed by atoms with Crippen LogP contribution in [-0.4, -0.2) is 26.7 Å². The lowest BCUT2D eigenvalue weighted by molar-refractivity contribution is 0.414. The molecule has 0 aliphatic rings. The van der Waals surface area contributed by atoms with E-state index in [2.05, 4.69) is 46.8 Å². The summed E-state index contributed by atoms with van der Waals surface area (Å²) in [5.74, 6) is 1.68. The molecule has 2 aromatic carbocycles. The van der Waals surface area contributed by atoms with Crippen molar-refractivity contribution in [3.8, 4) is 5.75 Å². The fourth-order valence-electron chi connectivity index (χ4n) is 2.23. The minimum atomic E-state index is 0.730. The van der Waals surface area contributed by atoms with Gasteiger partial charge in [-0.05, 0) is 36.6 Å². The number of ether oxygens (including phenoxy) is 1. The summed E-state index contributed by atoms with van der Waals surface area (Å²) in [5.41, 5.74) is 3.81. The van der Waals surface area contributed by atoms with E-state index in [9.17, 15) is 0 Å². The van der Waals surface area contributed by atoms with Crippen LogP contribution in [0.3, 0.4) is 0 Å². The first kappa shape index (κ1) is 16.9. The van der Waals surface area contributed by atoms with Crippen LogP contribution >= 0.6 is 0 Å². The Kier molecular flexibility index (Phi) is 6.48. The molecule has 0 heterocycles. The number of nitrogens with one attached hydrogen (secondary N) is 2.